The van der Waals surface area contributed by atoms with Gasteiger partial charge in [-0.3, -0.25) is 4.79 Å². The molecule has 3 aromatic rings. The summed E-state index contributed by atoms with van der Waals surface area (Å²) in [6.07, 6.45) is 0. The Morgan fingerprint density at radius 3 is 2.75 bits per heavy atom. The van der Waals surface area contributed by atoms with Crippen LogP contribution in [0.4, 0.5) is 0 Å². The van der Waals surface area contributed by atoms with Gasteiger partial charge in [-0.05, 0) is 60.0 Å². The van der Waals surface area contributed by atoms with Crippen LogP contribution >= 0.6 is 11.8 Å². The number of amides is 1. The minimum atomic E-state index is -0.0784. The van der Waals surface area contributed by atoms with Gasteiger partial charge in [0.2, 0.25) is 11.1 Å². The van der Waals surface area contributed by atoms with Gasteiger partial charge < -0.3 is 10.1 Å². The van der Waals surface area contributed by atoms with Gasteiger partial charge in [0.15, 0.2) is 0 Å². The van der Waals surface area contributed by atoms with Crippen LogP contribution in [0.2, 0.25) is 0 Å². The first-order valence-corrected chi connectivity index (χ1v) is 9.89. The van der Waals surface area contributed by atoms with Gasteiger partial charge in [0, 0.05) is 0 Å². The van der Waals surface area contributed by atoms with Crippen LogP contribution in [0.3, 0.4) is 0 Å². The number of para-hydroxylation sites is 2. The van der Waals surface area contributed by atoms with Crippen molar-refractivity contribution in [3.63, 3.8) is 0 Å². The van der Waals surface area contributed by atoms with Crippen molar-refractivity contribution >= 4 is 17.7 Å². The molecule has 8 heteroatoms. The molecule has 0 saturated carbocycles. The van der Waals surface area contributed by atoms with Gasteiger partial charge in [-0.15, -0.1) is 5.10 Å². The lowest BCUT2D eigenvalue weighted by Gasteiger charge is -2.15. The van der Waals surface area contributed by atoms with Crippen molar-refractivity contribution in [1.82, 2.24) is 25.5 Å². The van der Waals surface area contributed by atoms with Gasteiger partial charge in [-0.2, -0.15) is 4.68 Å². The number of aryl methyl sites for hydroxylation is 2. The first kappa shape index (κ1) is 19.9. The van der Waals surface area contributed by atoms with Crippen molar-refractivity contribution in [2.24, 2.45) is 0 Å². The number of nitrogens with zero attached hydrogens (tertiary/aromatic N) is 4. The molecule has 1 N–H and O–H groups in total. The standard InChI is InChI=1S/C20H23N5O2S/c1-13-9-10-16(11-14(13)2)15(3)21-19(26)12-28-20-22-23-24-25(20)17-7-5-6-8-18(17)27-4/h5-11,15H,12H2,1-4H3,(H,21,26)/t15-/m1/s1. The number of methoxy groups -OCH3 is 1. The van der Waals surface area contributed by atoms with Crippen molar-refractivity contribution in [3.05, 3.63) is 59.2 Å². The lowest BCUT2D eigenvalue weighted by atomic mass is 10.0. The van der Waals surface area contributed by atoms with Gasteiger partial charge in [0.1, 0.15) is 11.4 Å². The van der Waals surface area contributed by atoms with E-state index in [9.17, 15) is 4.79 Å². The van der Waals surface area contributed by atoms with Gasteiger partial charge in [0.05, 0.1) is 18.9 Å². The van der Waals surface area contributed by atoms with E-state index in [1.807, 2.05) is 37.3 Å². The maximum atomic E-state index is 12.4. The molecule has 3 rings (SSSR count). The molecule has 0 radical (unpaired) electrons. The molecule has 146 valence electrons. The minimum Gasteiger partial charge on any atom is -0.494 e. The van der Waals surface area contributed by atoms with Gasteiger partial charge in [0.25, 0.3) is 0 Å². The molecule has 1 aromatic heterocycles. The minimum absolute atomic E-state index is 0.0717. The molecule has 7 nitrogen and oxygen atoms in total. The lowest BCUT2D eigenvalue weighted by Crippen LogP contribution is -2.28. The third-order valence-electron chi connectivity index (χ3n) is 4.50. The summed E-state index contributed by atoms with van der Waals surface area (Å²) in [5, 5.41) is 15.3. The summed E-state index contributed by atoms with van der Waals surface area (Å²) in [7, 11) is 1.59. The molecule has 0 aliphatic rings. The van der Waals surface area contributed by atoms with Crippen molar-refractivity contribution < 1.29 is 9.53 Å². The zero-order valence-electron chi connectivity index (χ0n) is 16.3. The molecule has 0 fully saturated rings. The Morgan fingerprint density at radius 2 is 2.00 bits per heavy atom. The first-order valence-electron chi connectivity index (χ1n) is 8.90. The van der Waals surface area contributed by atoms with E-state index in [1.165, 1.54) is 22.9 Å². The van der Waals surface area contributed by atoms with Crippen LogP contribution in [-0.4, -0.2) is 39.0 Å². The normalized spacial score (nSPS) is 11.9. The maximum Gasteiger partial charge on any atom is 0.230 e. The maximum absolute atomic E-state index is 12.4. The molecule has 0 aliphatic heterocycles. The van der Waals surface area contributed by atoms with Crippen LogP contribution in [0, 0.1) is 13.8 Å². The highest BCUT2D eigenvalue weighted by Crippen LogP contribution is 2.25. The summed E-state index contributed by atoms with van der Waals surface area (Å²) in [5.74, 6) is 0.791. The van der Waals surface area contributed by atoms with Crippen LogP contribution in [0.25, 0.3) is 5.69 Å². The molecular formula is C20H23N5O2S. The van der Waals surface area contributed by atoms with Crippen LogP contribution in [0.1, 0.15) is 29.7 Å². The Bertz CT molecular complexity index is 973. The topological polar surface area (TPSA) is 81.9 Å². The predicted octanol–water partition coefficient (Wildman–Crippen LogP) is 3.26. The number of carbonyl (C=O) groups is 1. The zero-order valence-corrected chi connectivity index (χ0v) is 17.2. The second-order valence-corrected chi connectivity index (χ2v) is 7.41. The van der Waals surface area contributed by atoms with Crippen LogP contribution < -0.4 is 10.1 Å². The van der Waals surface area contributed by atoms with Crippen LogP contribution in [-0.2, 0) is 4.79 Å². The number of nitrogens with one attached hydrogen (secondary N) is 1. The molecule has 0 saturated heterocycles. The van der Waals surface area contributed by atoms with Gasteiger partial charge in [-0.1, -0.05) is 42.1 Å². The summed E-state index contributed by atoms with van der Waals surface area (Å²) in [6, 6.07) is 13.6. The number of carbonyl (C=O) groups excluding carboxylic acids is 1. The number of thioether (sulfide) groups is 1. The van der Waals surface area contributed by atoms with Gasteiger partial charge >= 0.3 is 0 Å². The number of rotatable bonds is 7. The Morgan fingerprint density at radius 1 is 1.21 bits per heavy atom. The van der Waals surface area contributed by atoms with Gasteiger partial charge in [-0.25, -0.2) is 0 Å². The molecule has 0 unspecified atom stereocenters. The number of hydrogen-bond acceptors (Lipinski definition) is 6. The third-order valence-corrected chi connectivity index (χ3v) is 5.41. The van der Waals surface area contributed by atoms with E-state index in [0.29, 0.717) is 10.9 Å². The SMILES string of the molecule is COc1ccccc1-n1nnnc1SCC(=O)N[C@H](C)c1ccc(C)c(C)c1. The van der Waals surface area contributed by atoms with Crippen molar-refractivity contribution in [2.45, 2.75) is 32.0 Å². The van der Waals surface area contributed by atoms with E-state index in [1.54, 1.807) is 11.8 Å². The summed E-state index contributed by atoms with van der Waals surface area (Å²) >= 11 is 1.28. The van der Waals surface area contributed by atoms with Crippen molar-refractivity contribution in [2.75, 3.05) is 12.9 Å². The van der Waals surface area contributed by atoms with E-state index in [4.69, 9.17) is 4.74 Å². The summed E-state index contributed by atoms with van der Waals surface area (Å²) in [6.45, 7) is 6.12. The first-order chi connectivity index (χ1) is 13.5. The smallest absolute Gasteiger partial charge is 0.230 e. The fraction of sp³-hybridized carbons (Fsp3) is 0.300. The molecular weight excluding hydrogens is 374 g/mol. The quantitative estimate of drug-likeness (QED) is 0.616. The zero-order chi connectivity index (χ0) is 20.1. The number of benzene rings is 2. The molecule has 28 heavy (non-hydrogen) atoms. The molecule has 1 atom stereocenters. The molecule has 1 heterocycles. The number of tetrazole rings is 1. The second-order valence-electron chi connectivity index (χ2n) is 6.47. The highest BCUT2D eigenvalue weighted by Gasteiger charge is 2.16. The van der Waals surface area contributed by atoms with E-state index >= 15 is 0 Å². The average Bonchev–Trinajstić information content (AvgIpc) is 3.16. The fourth-order valence-corrected chi connectivity index (χ4v) is 3.45. The predicted molar refractivity (Wildman–Crippen MR) is 109 cm³/mol. The number of hydrogen-bond donors (Lipinski definition) is 1. The molecule has 0 aliphatic carbocycles. The van der Waals surface area contributed by atoms with Crippen molar-refractivity contribution in [1.29, 1.82) is 0 Å². The fourth-order valence-electron chi connectivity index (χ4n) is 2.76. The summed E-state index contributed by atoms with van der Waals surface area (Å²) in [5.41, 5.74) is 4.26. The molecule has 0 spiro atoms. The largest absolute Gasteiger partial charge is 0.494 e. The van der Waals surface area contributed by atoms with Crippen molar-refractivity contribution in [3.8, 4) is 11.4 Å². The Kier molecular flexibility index (Phi) is 6.30. The highest BCUT2D eigenvalue weighted by atomic mass is 32.2. The van der Waals surface area contributed by atoms with Crippen LogP contribution in [0.5, 0.6) is 5.75 Å². The third kappa shape index (κ3) is 4.51. The van der Waals surface area contributed by atoms with E-state index < -0.39 is 0 Å². The molecule has 0 bridgehead atoms. The average molecular weight is 398 g/mol. The Labute approximate surface area is 168 Å². The monoisotopic (exact) mass is 397 g/mol. The van der Waals surface area contributed by atoms with Crippen LogP contribution in [0.15, 0.2) is 47.6 Å². The summed E-state index contributed by atoms with van der Waals surface area (Å²) in [4.78, 5) is 12.4. The Balaban J connectivity index is 1.64. The number of ether oxygens (including phenoxy) is 1. The van der Waals surface area contributed by atoms with E-state index in [2.05, 4.69) is 46.8 Å². The summed E-state index contributed by atoms with van der Waals surface area (Å²) < 4.78 is 6.94. The Hall–Kier alpha value is -2.87. The highest BCUT2D eigenvalue weighted by molar-refractivity contribution is 7.99. The lowest BCUT2D eigenvalue weighted by molar-refractivity contribution is -0.119. The number of aromatic nitrogens is 4. The molecule has 2 aromatic carbocycles. The molecule has 1 amide bonds. The van der Waals surface area contributed by atoms with E-state index in [-0.39, 0.29) is 17.7 Å². The second kappa shape index (κ2) is 8.88. The van der Waals surface area contributed by atoms with E-state index in [0.717, 1.165) is 11.3 Å².